The number of hydrogen-bond acceptors (Lipinski definition) is 3. The summed E-state index contributed by atoms with van der Waals surface area (Å²) in [4.78, 5) is 15.6. The number of ether oxygens (including phenoxy) is 1. The molecule has 1 aromatic carbocycles. The summed E-state index contributed by atoms with van der Waals surface area (Å²) in [6, 6.07) is 9.03. The lowest BCUT2D eigenvalue weighted by molar-refractivity contribution is -0.138. The van der Waals surface area contributed by atoms with E-state index in [9.17, 15) is 23.1 Å². The second-order valence-corrected chi connectivity index (χ2v) is 5.99. The van der Waals surface area contributed by atoms with Gasteiger partial charge < -0.3 is 14.2 Å². The van der Waals surface area contributed by atoms with Crippen molar-refractivity contribution in [3.8, 4) is 17.0 Å². The minimum absolute atomic E-state index is 0.186. The fraction of sp³-hybridized carbons (Fsp3) is 0.263. The maximum absolute atomic E-state index is 13.0. The first kappa shape index (κ1) is 18.8. The molecule has 0 atom stereocenters. The SMILES string of the molecule is CCCOc1ccc(-c2nc3ccc(C(F)(F)F)cn3c2CC(=O)O)cc1. The smallest absolute Gasteiger partial charge is 0.417 e. The van der Waals surface area contributed by atoms with Gasteiger partial charge in [0, 0.05) is 11.8 Å². The summed E-state index contributed by atoms with van der Waals surface area (Å²) in [6.07, 6.45) is -3.25. The van der Waals surface area contributed by atoms with E-state index in [0.29, 0.717) is 23.6 Å². The van der Waals surface area contributed by atoms with Gasteiger partial charge in [0.1, 0.15) is 11.4 Å². The van der Waals surface area contributed by atoms with E-state index in [0.717, 1.165) is 18.7 Å². The molecule has 27 heavy (non-hydrogen) atoms. The van der Waals surface area contributed by atoms with Gasteiger partial charge in [-0.25, -0.2) is 4.98 Å². The molecule has 3 rings (SSSR count). The van der Waals surface area contributed by atoms with Crippen molar-refractivity contribution in [2.75, 3.05) is 6.61 Å². The molecular weight excluding hydrogens is 361 g/mol. The fourth-order valence-electron chi connectivity index (χ4n) is 2.73. The Hall–Kier alpha value is -3.03. The van der Waals surface area contributed by atoms with Gasteiger partial charge in [-0.3, -0.25) is 4.79 Å². The van der Waals surface area contributed by atoms with Gasteiger partial charge in [-0.05, 0) is 42.8 Å². The lowest BCUT2D eigenvalue weighted by atomic mass is 10.1. The quantitative estimate of drug-likeness (QED) is 0.689. The van der Waals surface area contributed by atoms with Crippen molar-refractivity contribution in [1.82, 2.24) is 9.38 Å². The summed E-state index contributed by atoms with van der Waals surface area (Å²) in [7, 11) is 0. The average molecular weight is 378 g/mol. The number of carboxylic acids is 1. The Bertz CT molecular complexity index is 963. The summed E-state index contributed by atoms with van der Waals surface area (Å²) >= 11 is 0. The largest absolute Gasteiger partial charge is 0.494 e. The maximum Gasteiger partial charge on any atom is 0.417 e. The highest BCUT2D eigenvalue weighted by atomic mass is 19.4. The summed E-state index contributed by atoms with van der Waals surface area (Å²) in [5.74, 6) is -0.498. The topological polar surface area (TPSA) is 63.8 Å². The third kappa shape index (κ3) is 4.05. The normalized spacial score (nSPS) is 11.7. The van der Waals surface area contributed by atoms with E-state index in [-0.39, 0.29) is 11.3 Å². The maximum atomic E-state index is 13.0. The first-order valence-electron chi connectivity index (χ1n) is 8.33. The highest BCUT2D eigenvalue weighted by molar-refractivity contribution is 5.76. The van der Waals surface area contributed by atoms with Crippen LogP contribution in [0.15, 0.2) is 42.6 Å². The molecule has 2 heterocycles. The van der Waals surface area contributed by atoms with E-state index in [2.05, 4.69) is 4.98 Å². The van der Waals surface area contributed by atoms with Crippen LogP contribution >= 0.6 is 0 Å². The van der Waals surface area contributed by atoms with Crippen LogP contribution in [0.3, 0.4) is 0 Å². The number of hydrogen-bond donors (Lipinski definition) is 1. The zero-order chi connectivity index (χ0) is 19.6. The molecule has 0 aliphatic rings. The van der Waals surface area contributed by atoms with Crippen LogP contribution in [-0.4, -0.2) is 27.1 Å². The molecule has 3 aromatic rings. The van der Waals surface area contributed by atoms with Crippen LogP contribution in [0.25, 0.3) is 16.9 Å². The number of carboxylic acid groups (broad SMARTS) is 1. The third-order valence-corrected chi connectivity index (χ3v) is 3.96. The van der Waals surface area contributed by atoms with Crippen LogP contribution in [0.1, 0.15) is 24.6 Å². The van der Waals surface area contributed by atoms with Gasteiger partial charge in [0.15, 0.2) is 0 Å². The van der Waals surface area contributed by atoms with E-state index in [1.54, 1.807) is 24.3 Å². The molecule has 5 nitrogen and oxygen atoms in total. The number of nitrogens with zero attached hydrogens (tertiary/aromatic N) is 2. The number of fused-ring (bicyclic) bond motifs is 1. The molecule has 0 radical (unpaired) electrons. The van der Waals surface area contributed by atoms with Crippen molar-refractivity contribution in [2.24, 2.45) is 0 Å². The molecule has 0 fully saturated rings. The Kier molecular flexibility index (Phi) is 5.07. The van der Waals surface area contributed by atoms with Crippen molar-refractivity contribution in [3.05, 3.63) is 53.9 Å². The predicted molar refractivity (Wildman–Crippen MR) is 92.8 cm³/mol. The zero-order valence-corrected chi connectivity index (χ0v) is 14.5. The molecule has 8 heteroatoms. The fourth-order valence-corrected chi connectivity index (χ4v) is 2.73. The van der Waals surface area contributed by atoms with Gasteiger partial charge in [0.25, 0.3) is 0 Å². The third-order valence-electron chi connectivity index (χ3n) is 3.96. The molecule has 0 amide bonds. The van der Waals surface area contributed by atoms with Gasteiger partial charge in [-0.2, -0.15) is 13.2 Å². The van der Waals surface area contributed by atoms with Crippen LogP contribution in [0.4, 0.5) is 13.2 Å². The Morgan fingerprint density at radius 1 is 1.19 bits per heavy atom. The minimum atomic E-state index is -4.53. The molecule has 0 saturated heterocycles. The second-order valence-electron chi connectivity index (χ2n) is 5.99. The Morgan fingerprint density at radius 3 is 2.48 bits per heavy atom. The highest BCUT2D eigenvalue weighted by Crippen LogP contribution is 2.32. The van der Waals surface area contributed by atoms with Crippen LogP contribution in [-0.2, 0) is 17.4 Å². The summed E-state index contributed by atoms with van der Waals surface area (Å²) in [6.45, 7) is 2.55. The highest BCUT2D eigenvalue weighted by Gasteiger charge is 2.31. The van der Waals surface area contributed by atoms with Crippen LogP contribution in [0.5, 0.6) is 5.75 Å². The van der Waals surface area contributed by atoms with Crippen molar-refractivity contribution in [1.29, 1.82) is 0 Å². The summed E-state index contributed by atoms with van der Waals surface area (Å²) in [5.41, 5.74) is 0.506. The van der Waals surface area contributed by atoms with Gasteiger partial charge in [-0.1, -0.05) is 6.92 Å². The molecule has 142 valence electrons. The van der Waals surface area contributed by atoms with Gasteiger partial charge >= 0.3 is 12.1 Å². The number of rotatable bonds is 6. The standard InChI is InChI=1S/C19H17F3N2O3/c1-2-9-27-14-6-3-12(4-7-14)18-15(10-17(25)26)24-11-13(19(20,21)22)5-8-16(24)23-18/h3-8,11H,2,9-10H2,1H3,(H,25,26). The predicted octanol–water partition coefficient (Wildman–Crippen LogP) is 4.44. The number of aliphatic carboxylic acids is 1. The Morgan fingerprint density at radius 2 is 1.89 bits per heavy atom. The van der Waals surface area contributed by atoms with Crippen LogP contribution < -0.4 is 4.74 Å². The molecule has 0 bridgehead atoms. The number of carbonyl (C=O) groups is 1. The first-order chi connectivity index (χ1) is 12.8. The number of aromatic nitrogens is 2. The summed E-state index contributed by atoms with van der Waals surface area (Å²) < 4.78 is 45.8. The molecule has 0 aliphatic carbocycles. The number of pyridine rings is 1. The van der Waals surface area contributed by atoms with Crippen molar-refractivity contribution in [2.45, 2.75) is 25.9 Å². The molecule has 0 unspecified atom stereocenters. The summed E-state index contributed by atoms with van der Waals surface area (Å²) in [5, 5.41) is 9.20. The van der Waals surface area contributed by atoms with Gasteiger partial charge in [-0.15, -0.1) is 0 Å². The van der Waals surface area contributed by atoms with Gasteiger partial charge in [0.05, 0.1) is 30.0 Å². The number of imidazole rings is 1. The lowest BCUT2D eigenvalue weighted by Crippen LogP contribution is -2.09. The second kappa shape index (κ2) is 7.30. The number of alkyl halides is 3. The molecule has 0 aliphatic heterocycles. The molecule has 2 aromatic heterocycles. The minimum Gasteiger partial charge on any atom is -0.494 e. The van der Waals surface area contributed by atoms with E-state index in [1.165, 1.54) is 10.5 Å². The van der Waals surface area contributed by atoms with E-state index < -0.39 is 24.1 Å². The van der Waals surface area contributed by atoms with Crippen LogP contribution in [0, 0.1) is 0 Å². The molecule has 0 saturated carbocycles. The monoisotopic (exact) mass is 378 g/mol. The Balaban J connectivity index is 2.09. The van der Waals surface area contributed by atoms with Crippen molar-refractivity contribution >= 4 is 11.6 Å². The van der Waals surface area contributed by atoms with Gasteiger partial charge in [0.2, 0.25) is 0 Å². The molecule has 1 N–H and O–H groups in total. The first-order valence-corrected chi connectivity index (χ1v) is 8.33. The number of halogens is 3. The number of benzene rings is 1. The molecule has 0 spiro atoms. The van der Waals surface area contributed by atoms with E-state index in [4.69, 9.17) is 4.74 Å². The van der Waals surface area contributed by atoms with Crippen molar-refractivity contribution in [3.63, 3.8) is 0 Å². The lowest BCUT2D eigenvalue weighted by Gasteiger charge is -2.08. The van der Waals surface area contributed by atoms with E-state index >= 15 is 0 Å². The van der Waals surface area contributed by atoms with Crippen molar-refractivity contribution < 1.29 is 27.8 Å². The van der Waals surface area contributed by atoms with E-state index in [1.807, 2.05) is 6.92 Å². The zero-order valence-electron chi connectivity index (χ0n) is 14.5. The molecular formula is C19H17F3N2O3. The average Bonchev–Trinajstić information content (AvgIpc) is 2.97. The Labute approximate surface area is 153 Å². The van der Waals surface area contributed by atoms with Crippen LogP contribution in [0.2, 0.25) is 0 Å².